The number of halogens is 1. The number of aromatic hydroxyl groups is 2. The Morgan fingerprint density at radius 2 is 1.90 bits per heavy atom. The molecule has 1 atom stereocenters. The van der Waals surface area contributed by atoms with E-state index in [4.69, 9.17) is 4.74 Å². The molecule has 0 bridgehead atoms. The number of hydrogen-bond acceptors (Lipinski definition) is 4. The number of phenolic OH excluding ortho intramolecular Hbond substituents is 2. The van der Waals surface area contributed by atoms with Gasteiger partial charge in [-0.15, -0.1) is 0 Å². The summed E-state index contributed by atoms with van der Waals surface area (Å²) in [4.78, 5) is 0. The molecule has 0 heterocycles. The van der Waals surface area contributed by atoms with Crippen LogP contribution in [0.4, 0.5) is 5.69 Å². The largest absolute Gasteiger partial charge is 0.508 e. The molecule has 0 fully saturated rings. The summed E-state index contributed by atoms with van der Waals surface area (Å²) in [5.74, 6) is 0.994. The lowest BCUT2D eigenvalue weighted by atomic mass is 10.1. The summed E-state index contributed by atoms with van der Waals surface area (Å²) in [6, 6.07) is 9.97. The van der Waals surface area contributed by atoms with Crippen LogP contribution < -0.4 is 10.1 Å². The van der Waals surface area contributed by atoms with Gasteiger partial charge in [0.15, 0.2) is 0 Å². The quantitative estimate of drug-likeness (QED) is 0.737. The fraction of sp³-hybridized carbons (Fsp3) is 0.200. The van der Waals surface area contributed by atoms with Crippen LogP contribution in [0.25, 0.3) is 0 Å². The monoisotopic (exact) mass is 337 g/mol. The minimum atomic E-state index is -0.159. The molecule has 0 aliphatic rings. The third-order valence-corrected chi connectivity index (χ3v) is 3.67. The zero-order chi connectivity index (χ0) is 14.7. The predicted octanol–water partition coefficient (Wildman–Crippen LogP) is 4.04. The zero-order valence-corrected chi connectivity index (χ0v) is 12.8. The van der Waals surface area contributed by atoms with Crippen molar-refractivity contribution in [3.8, 4) is 17.2 Å². The molecule has 0 amide bonds. The Balaban J connectivity index is 2.23. The third-order valence-electron chi connectivity index (χ3n) is 3.01. The minimum Gasteiger partial charge on any atom is -0.508 e. The molecule has 3 N–H and O–H groups in total. The average Bonchev–Trinajstić information content (AvgIpc) is 2.43. The highest BCUT2D eigenvalue weighted by atomic mass is 79.9. The molecule has 0 saturated heterocycles. The summed E-state index contributed by atoms with van der Waals surface area (Å²) in [5, 5.41) is 22.6. The fourth-order valence-corrected chi connectivity index (χ4v) is 2.37. The van der Waals surface area contributed by atoms with Gasteiger partial charge in [0.05, 0.1) is 17.6 Å². The second-order valence-electron chi connectivity index (χ2n) is 4.46. The Bertz CT molecular complexity index is 616. The lowest BCUT2D eigenvalue weighted by Gasteiger charge is -2.18. The lowest BCUT2D eigenvalue weighted by molar-refractivity contribution is 0.412. The van der Waals surface area contributed by atoms with E-state index in [0.717, 1.165) is 15.9 Å². The Hall–Kier alpha value is -1.88. The van der Waals surface area contributed by atoms with Crippen LogP contribution in [-0.2, 0) is 0 Å². The molecule has 0 aliphatic carbocycles. The number of methoxy groups -OCH3 is 1. The molecule has 0 aliphatic heterocycles. The number of phenols is 2. The van der Waals surface area contributed by atoms with Gasteiger partial charge in [0.25, 0.3) is 0 Å². The van der Waals surface area contributed by atoms with Crippen LogP contribution in [0.15, 0.2) is 40.9 Å². The summed E-state index contributed by atoms with van der Waals surface area (Å²) < 4.78 is 6.11. The molecule has 5 heteroatoms. The zero-order valence-electron chi connectivity index (χ0n) is 11.2. The van der Waals surface area contributed by atoms with Gasteiger partial charge in [-0.05, 0) is 53.2 Å². The second kappa shape index (κ2) is 6.05. The highest BCUT2D eigenvalue weighted by Crippen LogP contribution is 2.32. The number of hydrogen-bond donors (Lipinski definition) is 3. The first kappa shape index (κ1) is 14.5. The maximum Gasteiger partial charge on any atom is 0.135 e. The smallest absolute Gasteiger partial charge is 0.135 e. The van der Waals surface area contributed by atoms with Crippen LogP contribution >= 0.6 is 15.9 Å². The van der Waals surface area contributed by atoms with Gasteiger partial charge in [-0.1, -0.05) is 0 Å². The van der Waals surface area contributed by atoms with Gasteiger partial charge in [-0.2, -0.15) is 0 Å². The van der Waals surface area contributed by atoms with Crippen molar-refractivity contribution in [2.24, 2.45) is 0 Å². The predicted molar refractivity (Wildman–Crippen MR) is 82.5 cm³/mol. The van der Waals surface area contributed by atoms with Gasteiger partial charge in [0, 0.05) is 17.3 Å². The van der Waals surface area contributed by atoms with E-state index in [0.29, 0.717) is 5.56 Å². The van der Waals surface area contributed by atoms with Crippen molar-refractivity contribution in [1.82, 2.24) is 0 Å². The molecular weight excluding hydrogens is 322 g/mol. The highest BCUT2D eigenvalue weighted by Gasteiger charge is 2.12. The summed E-state index contributed by atoms with van der Waals surface area (Å²) in [7, 11) is 1.61. The average molecular weight is 338 g/mol. The molecule has 0 saturated carbocycles. The van der Waals surface area contributed by atoms with Gasteiger partial charge in [-0.3, -0.25) is 0 Å². The Labute approximate surface area is 126 Å². The molecule has 20 heavy (non-hydrogen) atoms. The maximum absolute atomic E-state index is 9.84. The van der Waals surface area contributed by atoms with Crippen LogP contribution in [0.2, 0.25) is 0 Å². The minimum absolute atomic E-state index is 0.125. The second-order valence-corrected chi connectivity index (χ2v) is 5.31. The lowest BCUT2D eigenvalue weighted by Crippen LogP contribution is -2.07. The van der Waals surface area contributed by atoms with E-state index in [1.807, 2.05) is 25.1 Å². The molecule has 2 aromatic rings. The molecule has 4 nitrogen and oxygen atoms in total. The maximum atomic E-state index is 9.84. The van der Waals surface area contributed by atoms with Crippen LogP contribution in [0.1, 0.15) is 18.5 Å². The normalized spacial score (nSPS) is 11.9. The van der Waals surface area contributed by atoms with Gasteiger partial charge >= 0.3 is 0 Å². The number of anilines is 1. The fourth-order valence-electron chi connectivity index (χ4n) is 1.97. The van der Waals surface area contributed by atoms with E-state index in [2.05, 4.69) is 21.2 Å². The molecule has 1 unspecified atom stereocenters. The van der Waals surface area contributed by atoms with Crippen molar-refractivity contribution in [2.45, 2.75) is 13.0 Å². The van der Waals surface area contributed by atoms with Gasteiger partial charge in [0.1, 0.15) is 17.2 Å². The van der Waals surface area contributed by atoms with Crippen LogP contribution in [0, 0.1) is 0 Å². The molecule has 106 valence electrons. The number of rotatable bonds is 4. The van der Waals surface area contributed by atoms with E-state index in [-0.39, 0.29) is 17.5 Å². The molecule has 2 aromatic carbocycles. The number of nitrogens with one attached hydrogen (secondary N) is 1. The standard InChI is InChI=1S/C15H16BrNO3/c1-9(12-8-11(18)4-6-14(12)19)17-10-3-5-13(16)15(7-10)20-2/h3-9,17-19H,1-2H3. The topological polar surface area (TPSA) is 61.7 Å². The summed E-state index contributed by atoms with van der Waals surface area (Å²) in [6.45, 7) is 1.91. The van der Waals surface area contributed by atoms with Crippen LogP contribution in [0.5, 0.6) is 17.2 Å². The summed E-state index contributed by atoms with van der Waals surface area (Å²) in [5.41, 5.74) is 1.49. The summed E-state index contributed by atoms with van der Waals surface area (Å²) >= 11 is 3.40. The van der Waals surface area contributed by atoms with E-state index < -0.39 is 0 Å². The number of benzene rings is 2. The van der Waals surface area contributed by atoms with Crippen LogP contribution in [-0.4, -0.2) is 17.3 Å². The first-order valence-electron chi connectivity index (χ1n) is 6.13. The van der Waals surface area contributed by atoms with Gasteiger partial charge < -0.3 is 20.3 Å². The Morgan fingerprint density at radius 3 is 2.60 bits per heavy atom. The van der Waals surface area contributed by atoms with E-state index in [9.17, 15) is 10.2 Å². The van der Waals surface area contributed by atoms with E-state index in [1.54, 1.807) is 13.2 Å². The molecule has 0 spiro atoms. The first-order valence-corrected chi connectivity index (χ1v) is 6.92. The van der Waals surface area contributed by atoms with Crippen molar-refractivity contribution in [1.29, 1.82) is 0 Å². The van der Waals surface area contributed by atoms with Gasteiger partial charge in [0.2, 0.25) is 0 Å². The Morgan fingerprint density at radius 1 is 1.15 bits per heavy atom. The van der Waals surface area contributed by atoms with Crippen molar-refractivity contribution in [3.63, 3.8) is 0 Å². The molecule has 2 rings (SSSR count). The SMILES string of the molecule is COc1cc(NC(C)c2cc(O)ccc2O)ccc1Br. The van der Waals surface area contributed by atoms with Crippen molar-refractivity contribution in [3.05, 3.63) is 46.4 Å². The summed E-state index contributed by atoms with van der Waals surface area (Å²) in [6.07, 6.45) is 0. The Kier molecular flexibility index (Phi) is 4.39. The van der Waals surface area contributed by atoms with E-state index >= 15 is 0 Å². The highest BCUT2D eigenvalue weighted by molar-refractivity contribution is 9.10. The molecular formula is C15H16BrNO3. The van der Waals surface area contributed by atoms with Crippen molar-refractivity contribution >= 4 is 21.6 Å². The third kappa shape index (κ3) is 3.17. The molecule has 0 radical (unpaired) electrons. The molecule has 0 aromatic heterocycles. The van der Waals surface area contributed by atoms with E-state index in [1.165, 1.54) is 12.1 Å². The van der Waals surface area contributed by atoms with Gasteiger partial charge in [-0.25, -0.2) is 0 Å². The van der Waals surface area contributed by atoms with Crippen molar-refractivity contribution < 1.29 is 14.9 Å². The first-order chi connectivity index (χ1) is 9.51. The number of ether oxygens (including phenoxy) is 1. The van der Waals surface area contributed by atoms with Crippen molar-refractivity contribution in [2.75, 3.05) is 12.4 Å². The van der Waals surface area contributed by atoms with Crippen LogP contribution in [0.3, 0.4) is 0 Å².